The molecule has 2 aromatic rings. The summed E-state index contributed by atoms with van der Waals surface area (Å²) in [7, 11) is -4.03. The van der Waals surface area contributed by atoms with Gasteiger partial charge in [0.05, 0.1) is 11.6 Å². The van der Waals surface area contributed by atoms with E-state index < -0.39 is 15.9 Å². The SMILES string of the molecule is CCOc1cc2c(cc1CNC(=O)c1ccc(Cl)c(S(N)(=O)=O)c1)O[C@@H](C)C2. The van der Waals surface area contributed by atoms with Crippen LogP contribution in [0, 0.1) is 0 Å². The zero-order chi connectivity index (χ0) is 20.5. The molecule has 3 rings (SSSR count). The molecule has 0 saturated carbocycles. The van der Waals surface area contributed by atoms with E-state index in [1.807, 2.05) is 26.0 Å². The van der Waals surface area contributed by atoms with Gasteiger partial charge >= 0.3 is 0 Å². The highest BCUT2D eigenvalue weighted by atomic mass is 35.5. The second kappa shape index (κ2) is 7.98. The van der Waals surface area contributed by atoms with Crippen molar-refractivity contribution in [3.63, 3.8) is 0 Å². The van der Waals surface area contributed by atoms with Gasteiger partial charge in [-0.2, -0.15) is 0 Å². The summed E-state index contributed by atoms with van der Waals surface area (Å²) in [5.74, 6) is 1.00. The molecule has 0 saturated heterocycles. The fraction of sp³-hybridized carbons (Fsp3) is 0.316. The monoisotopic (exact) mass is 424 g/mol. The van der Waals surface area contributed by atoms with Crippen LogP contribution in [0.3, 0.4) is 0 Å². The van der Waals surface area contributed by atoms with Gasteiger partial charge in [-0.05, 0) is 44.2 Å². The van der Waals surface area contributed by atoms with Crippen LogP contribution in [0.15, 0.2) is 35.2 Å². The van der Waals surface area contributed by atoms with Crippen molar-refractivity contribution >= 4 is 27.5 Å². The Morgan fingerprint density at radius 2 is 2.11 bits per heavy atom. The Morgan fingerprint density at radius 3 is 2.79 bits per heavy atom. The highest BCUT2D eigenvalue weighted by molar-refractivity contribution is 7.89. The van der Waals surface area contributed by atoms with Crippen molar-refractivity contribution in [2.24, 2.45) is 5.14 Å². The number of sulfonamides is 1. The smallest absolute Gasteiger partial charge is 0.251 e. The molecule has 28 heavy (non-hydrogen) atoms. The molecule has 150 valence electrons. The summed E-state index contributed by atoms with van der Waals surface area (Å²) in [6, 6.07) is 7.71. The van der Waals surface area contributed by atoms with Crippen molar-refractivity contribution in [1.82, 2.24) is 5.32 Å². The summed E-state index contributed by atoms with van der Waals surface area (Å²) in [5.41, 5.74) is 1.97. The van der Waals surface area contributed by atoms with Crippen LogP contribution < -0.4 is 19.9 Å². The van der Waals surface area contributed by atoms with Crippen molar-refractivity contribution in [2.75, 3.05) is 6.61 Å². The van der Waals surface area contributed by atoms with Gasteiger partial charge in [-0.1, -0.05) is 11.6 Å². The van der Waals surface area contributed by atoms with E-state index >= 15 is 0 Å². The van der Waals surface area contributed by atoms with Crippen LogP contribution >= 0.6 is 11.6 Å². The number of carbonyl (C=O) groups excluding carboxylic acids is 1. The van der Waals surface area contributed by atoms with Gasteiger partial charge in [0.2, 0.25) is 10.0 Å². The molecular weight excluding hydrogens is 404 g/mol. The molecule has 3 N–H and O–H groups in total. The molecule has 1 aliphatic heterocycles. The lowest BCUT2D eigenvalue weighted by Crippen LogP contribution is -2.24. The molecule has 1 aliphatic rings. The maximum atomic E-state index is 12.5. The van der Waals surface area contributed by atoms with Crippen LogP contribution in [0.25, 0.3) is 0 Å². The van der Waals surface area contributed by atoms with Crippen molar-refractivity contribution in [1.29, 1.82) is 0 Å². The molecule has 1 atom stereocenters. The van der Waals surface area contributed by atoms with Gasteiger partial charge in [0, 0.05) is 29.7 Å². The van der Waals surface area contributed by atoms with E-state index in [0.717, 1.165) is 29.4 Å². The summed E-state index contributed by atoms with van der Waals surface area (Å²) in [6.45, 7) is 4.56. The van der Waals surface area contributed by atoms with Crippen LogP contribution in [-0.2, 0) is 23.0 Å². The van der Waals surface area contributed by atoms with Gasteiger partial charge in [0.15, 0.2) is 0 Å². The first-order chi connectivity index (χ1) is 13.2. The van der Waals surface area contributed by atoms with Crippen molar-refractivity contribution in [3.8, 4) is 11.5 Å². The third kappa shape index (κ3) is 4.40. The second-order valence-electron chi connectivity index (χ2n) is 6.51. The van der Waals surface area contributed by atoms with Gasteiger partial charge in [-0.3, -0.25) is 4.79 Å². The van der Waals surface area contributed by atoms with E-state index in [0.29, 0.717) is 12.4 Å². The first-order valence-corrected chi connectivity index (χ1v) is 10.7. The van der Waals surface area contributed by atoms with Crippen LogP contribution in [-0.4, -0.2) is 27.0 Å². The summed E-state index contributed by atoms with van der Waals surface area (Å²) < 4.78 is 34.7. The molecule has 0 unspecified atom stereocenters. The predicted octanol–water partition coefficient (Wildman–Crippen LogP) is 2.64. The lowest BCUT2D eigenvalue weighted by atomic mass is 10.1. The molecule has 0 aliphatic carbocycles. The second-order valence-corrected chi connectivity index (χ2v) is 8.44. The number of fused-ring (bicyclic) bond motifs is 1. The first-order valence-electron chi connectivity index (χ1n) is 8.74. The fourth-order valence-electron chi connectivity index (χ4n) is 3.05. The van der Waals surface area contributed by atoms with Crippen molar-refractivity contribution < 1.29 is 22.7 Å². The van der Waals surface area contributed by atoms with Crippen LogP contribution in [0.2, 0.25) is 5.02 Å². The minimum absolute atomic E-state index is 0.0393. The average molecular weight is 425 g/mol. The molecule has 0 spiro atoms. The number of ether oxygens (including phenoxy) is 2. The molecule has 0 radical (unpaired) electrons. The van der Waals surface area contributed by atoms with Gasteiger partial charge in [-0.25, -0.2) is 13.6 Å². The van der Waals surface area contributed by atoms with Crippen LogP contribution in [0.4, 0.5) is 0 Å². The Morgan fingerprint density at radius 1 is 1.36 bits per heavy atom. The topological polar surface area (TPSA) is 108 Å². The van der Waals surface area contributed by atoms with Crippen molar-refractivity contribution in [3.05, 3.63) is 52.0 Å². The molecule has 7 nitrogen and oxygen atoms in total. The first kappa shape index (κ1) is 20.4. The third-order valence-electron chi connectivity index (χ3n) is 4.32. The lowest BCUT2D eigenvalue weighted by molar-refractivity contribution is 0.0950. The Kier molecular flexibility index (Phi) is 5.83. The van der Waals surface area contributed by atoms with E-state index in [2.05, 4.69) is 5.32 Å². The molecular formula is C19H21ClN2O5S. The number of rotatable bonds is 6. The van der Waals surface area contributed by atoms with E-state index in [9.17, 15) is 13.2 Å². The summed E-state index contributed by atoms with van der Waals surface area (Å²) in [6.07, 6.45) is 0.906. The van der Waals surface area contributed by atoms with E-state index in [1.165, 1.54) is 12.1 Å². The van der Waals surface area contributed by atoms with Gasteiger partial charge in [0.25, 0.3) is 5.91 Å². The number of amides is 1. The Balaban J connectivity index is 1.81. The molecule has 1 amide bonds. The Labute approximate surface area is 168 Å². The zero-order valence-electron chi connectivity index (χ0n) is 15.5. The molecule has 1 heterocycles. The largest absolute Gasteiger partial charge is 0.494 e. The molecule has 0 bridgehead atoms. The number of nitrogens with one attached hydrogen (secondary N) is 1. The van der Waals surface area contributed by atoms with Gasteiger partial charge in [-0.15, -0.1) is 0 Å². The number of benzene rings is 2. The Hall–Kier alpha value is -2.29. The van der Waals surface area contributed by atoms with Gasteiger partial charge < -0.3 is 14.8 Å². The maximum absolute atomic E-state index is 12.5. The summed E-state index contributed by atoms with van der Waals surface area (Å²) in [5, 5.41) is 7.86. The standard InChI is InChI=1S/C19H21ClN2O5S/c1-3-26-16-7-13-6-11(2)27-17(13)8-14(16)10-22-19(23)12-4-5-15(20)18(9-12)28(21,24)25/h4-5,7-9,11H,3,6,10H2,1-2H3,(H,22,23)(H2,21,24,25)/t11-/m0/s1. The maximum Gasteiger partial charge on any atom is 0.251 e. The molecule has 2 aromatic carbocycles. The fourth-order valence-corrected chi connectivity index (χ4v) is 4.12. The lowest BCUT2D eigenvalue weighted by Gasteiger charge is -2.14. The van der Waals surface area contributed by atoms with Crippen molar-refractivity contribution in [2.45, 2.75) is 37.8 Å². The zero-order valence-corrected chi connectivity index (χ0v) is 17.1. The molecule has 0 aromatic heterocycles. The van der Waals surface area contributed by atoms with Gasteiger partial charge in [0.1, 0.15) is 22.5 Å². The summed E-state index contributed by atoms with van der Waals surface area (Å²) >= 11 is 5.86. The molecule has 9 heteroatoms. The quantitative estimate of drug-likeness (QED) is 0.741. The number of primary sulfonamides is 1. The number of carbonyl (C=O) groups is 1. The van der Waals surface area contributed by atoms with E-state index in [-0.39, 0.29) is 28.1 Å². The number of hydrogen-bond donors (Lipinski definition) is 2. The number of halogens is 1. The van der Waals surface area contributed by atoms with Crippen LogP contribution in [0.1, 0.15) is 35.3 Å². The normalized spacial score (nSPS) is 15.6. The number of nitrogens with two attached hydrogens (primary N) is 1. The third-order valence-corrected chi connectivity index (χ3v) is 5.71. The summed E-state index contributed by atoms with van der Waals surface area (Å²) in [4.78, 5) is 12.2. The minimum atomic E-state index is -4.03. The number of hydrogen-bond acceptors (Lipinski definition) is 5. The Bertz CT molecular complexity index is 1020. The highest BCUT2D eigenvalue weighted by Crippen LogP contribution is 2.35. The van der Waals surface area contributed by atoms with Crippen LogP contribution in [0.5, 0.6) is 11.5 Å². The van der Waals surface area contributed by atoms with E-state index in [4.69, 9.17) is 26.2 Å². The van der Waals surface area contributed by atoms with E-state index in [1.54, 1.807) is 0 Å². The predicted molar refractivity (Wildman–Crippen MR) is 105 cm³/mol. The average Bonchev–Trinajstić information content (AvgIpc) is 2.98. The molecule has 0 fully saturated rings. The minimum Gasteiger partial charge on any atom is -0.494 e. The highest BCUT2D eigenvalue weighted by Gasteiger charge is 2.22.